The van der Waals surface area contributed by atoms with Crippen molar-refractivity contribution in [2.45, 2.75) is 43.9 Å². The zero-order valence-corrected chi connectivity index (χ0v) is 12.3. The molecular weight excluding hydrogens is 240 g/mol. The molecule has 0 aromatic heterocycles. The molecule has 0 aliphatic heterocycles. The van der Waals surface area contributed by atoms with Crippen LogP contribution in [0, 0.1) is 17.2 Å². The molecule has 1 unspecified atom stereocenters. The molecule has 1 N–H and O–H groups in total. The second-order valence-electron chi connectivity index (χ2n) is 4.82. The summed E-state index contributed by atoms with van der Waals surface area (Å²) in [6.45, 7) is 8.40. The Morgan fingerprint density at radius 3 is 2.78 bits per heavy atom. The summed E-state index contributed by atoms with van der Waals surface area (Å²) in [6.07, 6.45) is 0.886. The molecule has 1 atom stereocenters. The van der Waals surface area contributed by atoms with E-state index in [0.717, 1.165) is 19.5 Å². The molecule has 0 saturated heterocycles. The standard InChI is InChI=1S/C15H22N2S/c1-4-14(9-16)18-15-7-5-6-13(8-15)11-17-10-12(2)3/h5-8,12,14,17H,4,10-11H2,1-3H3. The number of nitrogens with one attached hydrogen (secondary N) is 1. The maximum absolute atomic E-state index is 8.98. The molecule has 0 aliphatic carbocycles. The van der Waals surface area contributed by atoms with Gasteiger partial charge in [0.2, 0.25) is 0 Å². The van der Waals surface area contributed by atoms with Crippen molar-refractivity contribution < 1.29 is 0 Å². The van der Waals surface area contributed by atoms with Crippen LogP contribution >= 0.6 is 11.8 Å². The zero-order chi connectivity index (χ0) is 13.4. The van der Waals surface area contributed by atoms with E-state index in [-0.39, 0.29) is 5.25 Å². The van der Waals surface area contributed by atoms with Crippen molar-refractivity contribution >= 4 is 11.8 Å². The van der Waals surface area contributed by atoms with Gasteiger partial charge < -0.3 is 5.32 Å². The van der Waals surface area contributed by atoms with Crippen LogP contribution < -0.4 is 5.32 Å². The highest BCUT2D eigenvalue weighted by atomic mass is 32.2. The van der Waals surface area contributed by atoms with Gasteiger partial charge in [-0.3, -0.25) is 0 Å². The fourth-order valence-electron chi connectivity index (χ4n) is 1.60. The molecule has 1 aromatic rings. The summed E-state index contributed by atoms with van der Waals surface area (Å²) in [4.78, 5) is 1.19. The number of rotatable bonds is 7. The molecule has 1 aromatic carbocycles. The fourth-order valence-corrected chi connectivity index (χ4v) is 2.52. The Kier molecular flexibility index (Phi) is 6.85. The Balaban J connectivity index is 2.54. The van der Waals surface area contributed by atoms with Crippen molar-refractivity contribution in [1.82, 2.24) is 5.32 Å². The first-order valence-corrected chi connectivity index (χ1v) is 7.39. The summed E-state index contributed by atoms with van der Waals surface area (Å²) in [5.74, 6) is 0.672. The average Bonchev–Trinajstić information content (AvgIpc) is 2.36. The highest BCUT2D eigenvalue weighted by Crippen LogP contribution is 2.25. The summed E-state index contributed by atoms with van der Waals surface area (Å²) >= 11 is 1.65. The van der Waals surface area contributed by atoms with Crippen LogP contribution in [-0.2, 0) is 6.54 Å². The predicted octanol–water partition coefficient (Wildman–Crippen LogP) is 3.83. The Hall–Kier alpha value is -0.980. The van der Waals surface area contributed by atoms with E-state index in [4.69, 9.17) is 5.26 Å². The first-order valence-electron chi connectivity index (χ1n) is 6.51. The molecule has 0 amide bonds. The molecule has 1 rings (SSSR count). The predicted molar refractivity (Wildman–Crippen MR) is 78.5 cm³/mol. The maximum Gasteiger partial charge on any atom is 0.0961 e. The lowest BCUT2D eigenvalue weighted by Gasteiger charge is -2.10. The molecule has 0 saturated carbocycles. The monoisotopic (exact) mass is 262 g/mol. The van der Waals surface area contributed by atoms with Crippen LogP contribution in [-0.4, -0.2) is 11.8 Å². The van der Waals surface area contributed by atoms with Gasteiger partial charge in [0.25, 0.3) is 0 Å². The van der Waals surface area contributed by atoms with Crippen LogP contribution in [0.1, 0.15) is 32.8 Å². The summed E-state index contributed by atoms with van der Waals surface area (Å²) in [5, 5.41) is 12.5. The summed E-state index contributed by atoms with van der Waals surface area (Å²) < 4.78 is 0. The number of hydrogen-bond acceptors (Lipinski definition) is 3. The van der Waals surface area contributed by atoms with E-state index in [0.29, 0.717) is 5.92 Å². The van der Waals surface area contributed by atoms with Crippen molar-refractivity contribution in [1.29, 1.82) is 5.26 Å². The van der Waals surface area contributed by atoms with Crippen molar-refractivity contribution in [3.05, 3.63) is 29.8 Å². The van der Waals surface area contributed by atoms with Crippen LogP contribution in [0.4, 0.5) is 0 Å². The van der Waals surface area contributed by atoms with Crippen LogP contribution in [0.2, 0.25) is 0 Å². The largest absolute Gasteiger partial charge is 0.312 e. The summed E-state index contributed by atoms with van der Waals surface area (Å²) in [7, 11) is 0. The second-order valence-corrected chi connectivity index (χ2v) is 6.09. The van der Waals surface area contributed by atoms with Crippen molar-refractivity contribution in [2.24, 2.45) is 5.92 Å². The summed E-state index contributed by atoms with van der Waals surface area (Å²) in [5.41, 5.74) is 1.29. The average molecular weight is 262 g/mol. The van der Waals surface area contributed by atoms with Crippen LogP contribution in [0.15, 0.2) is 29.2 Å². The number of hydrogen-bond donors (Lipinski definition) is 1. The quantitative estimate of drug-likeness (QED) is 0.759. The number of thioether (sulfide) groups is 1. The molecule has 2 nitrogen and oxygen atoms in total. The normalized spacial score (nSPS) is 12.4. The van der Waals surface area contributed by atoms with Gasteiger partial charge in [0.1, 0.15) is 0 Å². The highest BCUT2D eigenvalue weighted by molar-refractivity contribution is 8.00. The molecule has 98 valence electrons. The van der Waals surface area contributed by atoms with E-state index < -0.39 is 0 Å². The van der Waals surface area contributed by atoms with Gasteiger partial charge in [-0.1, -0.05) is 32.9 Å². The van der Waals surface area contributed by atoms with Gasteiger partial charge in [-0.05, 0) is 36.6 Å². The zero-order valence-electron chi connectivity index (χ0n) is 11.4. The lowest BCUT2D eigenvalue weighted by atomic mass is 10.2. The van der Waals surface area contributed by atoms with Gasteiger partial charge in [-0.2, -0.15) is 5.26 Å². The minimum Gasteiger partial charge on any atom is -0.312 e. The van der Waals surface area contributed by atoms with E-state index >= 15 is 0 Å². The fraction of sp³-hybridized carbons (Fsp3) is 0.533. The van der Waals surface area contributed by atoms with Crippen molar-refractivity contribution in [2.75, 3.05) is 6.54 Å². The SMILES string of the molecule is CCC(C#N)Sc1cccc(CNCC(C)C)c1. The van der Waals surface area contributed by atoms with Gasteiger partial charge in [-0.15, -0.1) is 11.8 Å². The highest BCUT2D eigenvalue weighted by Gasteiger charge is 2.06. The second kappa shape index (κ2) is 8.18. The Labute approximate surface area is 115 Å². The van der Waals surface area contributed by atoms with E-state index in [1.165, 1.54) is 10.5 Å². The van der Waals surface area contributed by atoms with Gasteiger partial charge in [0.15, 0.2) is 0 Å². The van der Waals surface area contributed by atoms with Gasteiger partial charge in [-0.25, -0.2) is 0 Å². The first-order chi connectivity index (χ1) is 8.65. The lowest BCUT2D eigenvalue weighted by molar-refractivity contribution is 0.552. The molecule has 0 bridgehead atoms. The van der Waals surface area contributed by atoms with Gasteiger partial charge >= 0.3 is 0 Å². The van der Waals surface area contributed by atoms with E-state index in [1.54, 1.807) is 11.8 Å². The minimum absolute atomic E-state index is 0.0591. The molecule has 3 heteroatoms. The third-order valence-corrected chi connectivity index (χ3v) is 3.82. The topological polar surface area (TPSA) is 35.8 Å². The number of nitrogens with zero attached hydrogens (tertiary/aromatic N) is 1. The van der Waals surface area contributed by atoms with Gasteiger partial charge in [0.05, 0.1) is 11.3 Å². The first kappa shape index (κ1) is 15.1. The maximum atomic E-state index is 8.98. The Morgan fingerprint density at radius 2 is 2.17 bits per heavy atom. The third kappa shape index (κ3) is 5.57. The van der Waals surface area contributed by atoms with Crippen LogP contribution in [0.25, 0.3) is 0 Å². The molecule has 0 fully saturated rings. The van der Waals surface area contributed by atoms with Gasteiger partial charge in [0, 0.05) is 11.4 Å². The van der Waals surface area contributed by atoms with E-state index in [2.05, 4.69) is 56.4 Å². The number of nitriles is 1. The van der Waals surface area contributed by atoms with E-state index in [9.17, 15) is 0 Å². The molecule has 0 heterocycles. The van der Waals surface area contributed by atoms with Crippen LogP contribution in [0.5, 0.6) is 0 Å². The summed E-state index contributed by atoms with van der Waals surface area (Å²) in [6, 6.07) is 10.8. The molecule has 18 heavy (non-hydrogen) atoms. The minimum atomic E-state index is 0.0591. The smallest absolute Gasteiger partial charge is 0.0961 e. The third-order valence-electron chi connectivity index (χ3n) is 2.57. The van der Waals surface area contributed by atoms with Crippen LogP contribution in [0.3, 0.4) is 0 Å². The Bertz CT molecular complexity index is 396. The number of benzene rings is 1. The van der Waals surface area contributed by atoms with E-state index in [1.807, 2.05) is 0 Å². The Morgan fingerprint density at radius 1 is 1.39 bits per heavy atom. The molecule has 0 radical (unpaired) electrons. The van der Waals surface area contributed by atoms with Crippen molar-refractivity contribution in [3.8, 4) is 6.07 Å². The van der Waals surface area contributed by atoms with Crippen molar-refractivity contribution in [3.63, 3.8) is 0 Å². The molecule has 0 spiro atoms. The molecular formula is C15H22N2S. The molecule has 0 aliphatic rings. The lowest BCUT2D eigenvalue weighted by Crippen LogP contribution is -2.18.